The Morgan fingerprint density at radius 3 is 3.00 bits per heavy atom. The summed E-state index contributed by atoms with van der Waals surface area (Å²) >= 11 is 9.20. The second-order valence-corrected chi connectivity index (χ2v) is 7.31. The van der Waals surface area contributed by atoms with Crippen molar-refractivity contribution in [1.82, 2.24) is 0 Å². The quantitative estimate of drug-likeness (QED) is 0.836. The first-order chi connectivity index (χ1) is 8.68. The van der Waals surface area contributed by atoms with Crippen LogP contribution < -0.4 is 11.1 Å². The molecular weight excluding hydrogens is 280 g/mol. The second-order valence-electron chi connectivity index (χ2n) is 4.31. The van der Waals surface area contributed by atoms with E-state index in [9.17, 15) is 0 Å². The number of aryl methyl sites for hydroxylation is 1. The fraction of sp³-hybridized carbons (Fsp3) is 0.462. The first kappa shape index (κ1) is 14.0. The Morgan fingerprint density at radius 2 is 2.33 bits per heavy atom. The summed E-state index contributed by atoms with van der Waals surface area (Å²) in [6, 6.07) is 6.08. The molecule has 98 valence electrons. The predicted octanol–water partition coefficient (Wildman–Crippen LogP) is 2.89. The Bertz CT molecular complexity index is 428. The van der Waals surface area contributed by atoms with E-state index in [1.165, 1.54) is 22.8 Å². The van der Waals surface area contributed by atoms with Crippen LogP contribution in [0.25, 0.3) is 0 Å². The summed E-state index contributed by atoms with van der Waals surface area (Å²) < 4.78 is 0. The Balaban J connectivity index is 2.05. The van der Waals surface area contributed by atoms with E-state index >= 15 is 0 Å². The molecule has 1 aliphatic rings. The van der Waals surface area contributed by atoms with Crippen molar-refractivity contribution < 1.29 is 0 Å². The minimum atomic E-state index is 0.465. The van der Waals surface area contributed by atoms with Crippen molar-refractivity contribution in [1.29, 1.82) is 0 Å². The van der Waals surface area contributed by atoms with E-state index in [1.807, 2.05) is 23.9 Å². The number of benzene rings is 1. The zero-order chi connectivity index (χ0) is 13.0. The standard InChI is InChI=1S/C13H18N2S3/c1-9-3-2-4-11(13(14)16)12(9)15-7-10-8-17-5-6-18-10/h2-4,10,15H,5-8H2,1H3,(H2,14,16). The van der Waals surface area contributed by atoms with Crippen LogP contribution in [0.4, 0.5) is 5.69 Å². The number of thiocarbonyl (C=S) groups is 1. The van der Waals surface area contributed by atoms with E-state index in [2.05, 4.69) is 30.1 Å². The van der Waals surface area contributed by atoms with Crippen LogP contribution in [0.15, 0.2) is 18.2 Å². The second kappa shape index (κ2) is 6.68. The molecule has 18 heavy (non-hydrogen) atoms. The van der Waals surface area contributed by atoms with Crippen LogP contribution in [0.5, 0.6) is 0 Å². The molecule has 0 aliphatic carbocycles. The molecular formula is C13H18N2S3. The zero-order valence-electron chi connectivity index (χ0n) is 10.4. The third-order valence-corrected chi connectivity index (χ3v) is 5.99. The predicted molar refractivity (Wildman–Crippen MR) is 89.1 cm³/mol. The minimum Gasteiger partial charge on any atom is -0.389 e. The van der Waals surface area contributed by atoms with Crippen molar-refractivity contribution in [3.05, 3.63) is 29.3 Å². The number of hydrogen-bond acceptors (Lipinski definition) is 4. The van der Waals surface area contributed by atoms with Crippen molar-refractivity contribution >= 4 is 46.4 Å². The Kier molecular flexibility index (Phi) is 5.21. The van der Waals surface area contributed by atoms with E-state index < -0.39 is 0 Å². The molecule has 1 aliphatic heterocycles. The van der Waals surface area contributed by atoms with Gasteiger partial charge in [-0.2, -0.15) is 23.5 Å². The molecule has 0 bridgehead atoms. The van der Waals surface area contributed by atoms with Crippen molar-refractivity contribution in [2.75, 3.05) is 29.1 Å². The lowest BCUT2D eigenvalue weighted by molar-refractivity contribution is 1.00. The zero-order valence-corrected chi connectivity index (χ0v) is 12.9. The van der Waals surface area contributed by atoms with Gasteiger partial charge in [0, 0.05) is 40.3 Å². The van der Waals surface area contributed by atoms with Gasteiger partial charge in [0.1, 0.15) is 4.99 Å². The summed E-state index contributed by atoms with van der Waals surface area (Å²) in [5, 5.41) is 4.21. The summed E-state index contributed by atoms with van der Waals surface area (Å²) in [7, 11) is 0. The van der Waals surface area contributed by atoms with Crippen LogP contribution in [0.2, 0.25) is 0 Å². The molecule has 1 fully saturated rings. The first-order valence-corrected chi connectivity index (χ1v) is 8.62. The highest BCUT2D eigenvalue weighted by Crippen LogP contribution is 2.26. The average molecular weight is 299 g/mol. The molecule has 0 amide bonds. The lowest BCUT2D eigenvalue weighted by atomic mass is 10.1. The van der Waals surface area contributed by atoms with Crippen LogP contribution >= 0.6 is 35.7 Å². The number of anilines is 1. The van der Waals surface area contributed by atoms with E-state index in [-0.39, 0.29) is 0 Å². The highest BCUT2D eigenvalue weighted by Gasteiger charge is 2.15. The summed E-state index contributed by atoms with van der Waals surface area (Å²) in [4.78, 5) is 0.465. The molecule has 0 aromatic heterocycles. The Morgan fingerprint density at radius 1 is 1.50 bits per heavy atom. The molecule has 2 nitrogen and oxygen atoms in total. The lowest BCUT2D eigenvalue weighted by Gasteiger charge is -2.23. The average Bonchev–Trinajstić information content (AvgIpc) is 2.38. The van der Waals surface area contributed by atoms with Gasteiger partial charge in [0.15, 0.2) is 0 Å². The maximum Gasteiger partial charge on any atom is 0.106 e. The van der Waals surface area contributed by atoms with Crippen LogP contribution in [0.3, 0.4) is 0 Å². The van der Waals surface area contributed by atoms with Gasteiger partial charge >= 0.3 is 0 Å². The molecule has 0 saturated carbocycles. The lowest BCUT2D eigenvalue weighted by Crippen LogP contribution is -2.24. The van der Waals surface area contributed by atoms with Crippen LogP contribution in [0, 0.1) is 6.92 Å². The summed E-state index contributed by atoms with van der Waals surface area (Å²) in [5.41, 5.74) is 9.03. The van der Waals surface area contributed by atoms with Crippen molar-refractivity contribution in [2.24, 2.45) is 5.73 Å². The van der Waals surface area contributed by atoms with Gasteiger partial charge in [-0.3, -0.25) is 0 Å². The van der Waals surface area contributed by atoms with Gasteiger partial charge in [0.25, 0.3) is 0 Å². The summed E-state index contributed by atoms with van der Waals surface area (Å²) in [5.74, 6) is 3.77. The van der Waals surface area contributed by atoms with Gasteiger partial charge in [-0.1, -0.05) is 24.4 Å². The molecule has 5 heteroatoms. The maximum atomic E-state index is 5.77. The van der Waals surface area contributed by atoms with Crippen molar-refractivity contribution in [3.63, 3.8) is 0 Å². The fourth-order valence-corrected chi connectivity index (χ4v) is 4.76. The third-order valence-electron chi connectivity index (χ3n) is 2.93. The molecule has 0 radical (unpaired) electrons. The number of nitrogens with two attached hydrogens (primary N) is 1. The highest BCUT2D eigenvalue weighted by atomic mass is 32.2. The van der Waals surface area contributed by atoms with Crippen LogP contribution in [-0.2, 0) is 0 Å². The topological polar surface area (TPSA) is 38.0 Å². The van der Waals surface area contributed by atoms with Gasteiger partial charge in [-0.15, -0.1) is 0 Å². The number of rotatable bonds is 4. The summed E-state index contributed by atoms with van der Waals surface area (Å²) in [6.45, 7) is 3.07. The Labute approximate surface area is 122 Å². The largest absolute Gasteiger partial charge is 0.389 e. The maximum absolute atomic E-state index is 5.77. The van der Waals surface area contributed by atoms with E-state index in [1.54, 1.807) is 0 Å². The molecule has 2 rings (SSSR count). The molecule has 0 spiro atoms. The van der Waals surface area contributed by atoms with E-state index in [4.69, 9.17) is 18.0 Å². The smallest absolute Gasteiger partial charge is 0.106 e. The van der Waals surface area contributed by atoms with Crippen LogP contribution in [0.1, 0.15) is 11.1 Å². The number of hydrogen-bond donors (Lipinski definition) is 2. The third kappa shape index (κ3) is 3.56. The van der Waals surface area contributed by atoms with Crippen molar-refractivity contribution in [3.8, 4) is 0 Å². The number of nitrogens with one attached hydrogen (secondary N) is 1. The normalized spacial score (nSPS) is 19.5. The molecule has 3 N–H and O–H groups in total. The van der Waals surface area contributed by atoms with Gasteiger partial charge in [0.05, 0.1) is 0 Å². The van der Waals surface area contributed by atoms with Gasteiger partial charge in [0.2, 0.25) is 0 Å². The fourth-order valence-electron chi connectivity index (χ4n) is 1.98. The molecule has 1 heterocycles. The Hall–Kier alpha value is -0.390. The SMILES string of the molecule is Cc1cccc(C(N)=S)c1NCC1CSCCS1. The van der Waals surface area contributed by atoms with E-state index in [0.29, 0.717) is 10.2 Å². The monoisotopic (exact) mass is 298 g/mol. The molecule has 1 atom stereocenters. The molecule has 1 aromatic rings. The van der Waals surface area contributed by atoms with Gasteiger partial charge < -0.3 is 11.1 Å². The first-order valence-electron chi connectivity index (χ1n) is 6.01. The molecule has 1 aromatic carbocycles. The van der Waals surface area contributed by atoms with Gasteiger partial charge in [-0.05, 0) is 18.6 Å². The number of thioether (sulfide) groups is 2. The van der Waals surface area contributed by atoms with Crippen molar-refractivity contribution in [2.45, 2.75) is 12.2 Å². The summed E-state index contributed by atoms with van der Waals surface area (Å²) in [6.07, 6.45) is 0. The van der Waals surface area contributed by atoms with Crippen LogP contribution in [-0.4, -0.2) is 34.0 Å². The molecule has 1 unspecified atom stereocenters. The minimum absolute atomic E-state index is 0.465. The van der Waals surface area contributed by atoms with Gasteiger partial charge in [-0.25, -0.2) is 0 Å². The number of para-hydroxylation sites is 1. The molecule has 1 saturated heterocycles. The van der Waals surface area contributed by atoms with E-state index in [0.717, 1.165) is 17.8 Å². The highest BCUT2D eigenvalue weighted by molar-refractivity contribution is 8.06.